The van der Waals surface area contributed by atoms with Crippen LogP contribution in [0, 0.1) is 0 Å². The van der Waals surface area contributed by atoms with Gasteiger partial charge in [-0.25, -0.2) is 0 Å². The minimum absolute atomic E-state index is 0.116. The third kappa shape index (κ3) is 2.07. The van der Waals surface area contributed by atoms with E-state index in [1.54, 1.807) is 42.5 Å². The Balaban J connectivity index is 1.58. The monoisotopic (exact) mass is 309 g/mol. The summed E-state index contributed by atoms with van der Waals surface area (Å²) in [6, 6.07) is 11.3. The molecule has 2 heterocycles. The highest BCUT2D eigenvalue weighted by Gasteiger charge is 2.36. The number of amides is 2. The van der Waals surface area contributed by atoms with Gasteiger partial charge in [0.05, 0.1) is 17.7 Å². The topological polar surface area (TPSA) is 72.9 Å². The summed E-state index contributed by atoms with van der Waals surface area (Å²) in [5.74, 6) is -0.169. The Morgan fingerprint density at radius 1 is 0.957 bits per heavy atom. The van der Waals surface area contributed by atoms with Crippen LogP contribution in [0.25, 0.3) is 0 Å². The highest BCUT2D eigenvalue weighted by atomic mass is 16.7. The number of carbonyl (C=O) groups is 3. The average Bonchev–Trinajstić information content (AvgIpc) is 3.13. The van der Waals surface area contributed by atoms with Crippen LogP contribution in [-0.4, -0.2) is 35.8 Å². The maximum absolute atomic E-state index is 12.4. The smallest absolute Gasteiger partial charge is 0.261 e. The van der Waals surface area contributed by atoms with Gasteiger partial charge >= 0.3 is 0 Å². The first-order valence-electron chi connectivity index (χ1n) is 7.03. The normalized spacial score (nSPS) is 15.0. The lowest BCUT2D eigenvalue weighted by Gasteiger charge is -2.12. The van der Waals surface area contributed by atoms with Crippen LogP contribution in [-0.2, 0) is 0 Å². The van der Waals surface area contributed by atoms with Gasteiger partial charge in [-0.1, -0.05) is 12.1 Å². The Morgan fingerprint density at radius 2 is 1.61 bits per heavy atom. The van der Waals surface area contributed by atoms with Gasteiger partial charge in [-0.3, -0.25) is 19.3 Å². The van der Waals surface area contributed by atoms with E-state index in [4.69, 9.17) is 9.47 Å². The van der Waals surface area contributed by atoms with Crippen LogP contribution in [0.15, 0.2) is 42.5 Å². The van der Waals surface area contributed by atoms with Gasteiger partial charge in [-0.15, -0.1) is 0 Å². The molecule has 0 radical (unpaired) electrons. The van der Waals surface area contributed by atoms with Gasteiger partial charge in [0.2, 0.25) is 6.79 Å². The van der Waals surface area contributed by atoms with Gasteiger partial charge in [0.1, 0.15) is 0 Å². The van der Waals surface area contributed by atoms with Crippen LogP contribution < -0.4 is 9.47 Å². The fourth-order valence-corrected chi connectivity index (χ4v) is 2.69. The van der Waals surface area contributed by atoms with Crippen LogP contribution in [0.4, 0.5) is 0 Å². The SMILES string of the molecule is O=C(CN1C(=O)c2ccccc2C1=O)c1ccc2c(c1)OCO2. The molecule has 0 aliphatic carbocycles. The van der Waals surface area contributed by atoms with E-state index < -0.39 is 11.8 Å². The molecule has 114 valence electrons. The quantitative estimate of drug-likeness (QED) is 0.639. The molecule has 2 amide bonds. The minimum Gasteiger partial charge on any atom is -0.454 e. The molecule has 0 spiro atoms. The Hall–Kier alpha value is -3.15. The molecule has 6 heteroatoms. The summed E-state index contributed by atoms with van der Waals surface area (Å²) in [6.45, 7) is -0.183. The predicted molar refractivity (Wildman–Crippen MR) is 78.7 cm³/mol. The van der Waals surface area contributed by atoms with Crippen molar-refractivity contribution >= 4 is 17.6 Å². The Bertz CT molecular complexity index is 823. The lowest BCUT2D eigenvalue weighted by Crippen LogP contribution is -2.34. The van der Waals surface area contributed by atoms with E-state index in [9.17, 15) is 14.4 Å². The summed E-state index contributed by atoms with van der Waals surface area (Å²) in [7, 11) is 0. The van der Waals surface area contributed by atoms with Crippen molar-refractivity contribution in [3.63, 3.8) is 0 Å². The van der Waals surface area contributed by atoms with E-state index in [1.807, 2.05) is 0 Å². The fraction of sp³-hybridized carbons (Fsp3) is 0.118. The molecule has 2 aromatic carbocycles. The van der Waals surface area contributed by atoms with E-state index in [2.05, 4.69) is 0 Å². The number of benzene rings is 2. The molecule has 0 saturated carbocycles. The summed E-state index contributed by atoms with van der Waals surface area (Å²) < 4.78 is 10.4. The number of ether oxygens (including phenoxy) is 2. The van der Waals surface area contributed by atoms with Gasteiger partial charge < -0.3 is 9.47 Å². The maximum Gasteiger partial charge on any atom is 0.261 e. The third-order valence-electron chi connectivity index (χ3n) is 3.87. The second-order valence-electron chi connectivity index (χ2n) is 5.23. The van der Waals surface area contributed by atoms with Crippen molar-refractivity contribution < 1.29 is 23.9 Å². The van der Waals surface area contributed by atoms with Crippen molar-refractivity contribution in [1.82, 2.24) is 4.90 Å². The fourth-order valence-electron chi connectivity index (χ4n) is 2.69. The Morgan fingerprint density at radius 3 is 2.30 bits per heavy atom. The predicted octanol–water partition coefficient (Wildman–Crippen LogP) is 1.89. The molecule has 0 fully saturated rings. The average molecular weight is 309 g/mol. The first kappa shape index (κ1) is 13.5. The Kier molecular flexibility index (Phi) is 2.90. The summed E-state index contributed by atoms with van der Waals surface area (Å²) in [4.78, 5) is 37.9. The zero-order chi connectivity index (χ0) is 16.0. The zero-order valence-electron chi connectivity index (χ0n) is 11.9. The standard InChI is InChI=1S/C17H11NO5/c19-13(10-5-6-14-15(7-10)23-9-22-14)8-18-16(20)11-3-1-2-4-12(11)17(18)21/h1-7H,8-9H2. The Labute approximate surface area is 131 Å². The van der Waals surface area contributed by atoms with Crippen molar-refractivity contribution in [3.05, 3.63) is 59.2 Å². The molecule has 0 saturated heterocycles. The second kappa shape index (κ2) is 4.95. The van der Waals surface area contributed by atoms with Crippen molar-refractivity contribution in [2.24, 2.45) is 0 Å². The largest absolute Gasteiger partial charge is 0.454 e. The number of fused-ring (bicyclic) bond motifs is 2. The lowest BCUT2D eigenvalue weighted by molar-refractivity contribution is 0.0624. The van der Waals surface area contributed by atoms with Crippen molar-refractivity contribution in [2.75, 3.05) is 13.3 Å². The van der Waals surface area contributed by atoms with E-state index in [1.165, 1.54) is 0 Å². The molecule has 2 aliphatic rings. The number of rotatable bonds is 3. The third-order valence-corrected chi connectivity index (χ3v) is 3.87. The highest BCUT2D eigenvalue weighted by molar-refractivity contribution is 6.23. The molecule has 2 aromatic rings. The zero-order valence-corrected chi connectivity index (χ0v) is 11.9. The number of imide groups is 1. The maximum atomic E-state index is 12.4. The molecule has 2 aliphatic heterocycles. The molecule has 0 aromatic heterocycles. The second-order valence-corrected chi connectivity index (χ2v) is 5.23. The number of hydrogen-bond acceptors (Lipinski definition) is 5. The molecule has 23 heavy (non-hydrogen) atoms. The molecule has 0 atom stereocenters. The van der Waals surface area contributed by atoms with E-state index >= 15 is 0 Å². The lowest BCUT2D eigenvalue weighted by atomic mass is 10.1. The van der Waals surface area contributed by atoms with Crippen molar-refractivity contribution in [3.8, 4) is 11.5 Å². The molecule has 0 bridgehead atoms. The van der Waals surface area contributed by atoms with Crippen LogP contribution in [0.1, 0.15) is 31.1 Å². The van der Waals surface area contributed by atoms with Gasteiger partial charge in [-0.05, 0) is 30.3 Å². The van der Waals surface area contributed by atoms with Gasteiger partial charge in [0.25, 0.3) is 11.8 Å². The first-order chi connectivity index (χ1) is 11.1. The number of Topliss-reactive ketones (excluding diaryl/α,β-unsaturated/α-hetero) is 1. The number of hydrogen-bond donors (Lipinski definition) is 0. The highest BCUT2D eigenvalue weighted by Crippen LogP contribution is 2.33. The molecule has 4 rings (SSSR count). The summed E-state index contributed by atoms with van der Waals surface area (Å²) in [5.41, 5.74) is 1.03. The summed E-state index contributed by atoms with van der Waals surface area (Å²) >= 11 is 0. The first-order valence-corrected chi connectivity index (χ1v) is 7.03. The molecule has 0 N–H and O–H groups in total. The van der Waals surface area contributed by atoms with Crippen molar-refractivity contribution in [1.29, 1.82) is 0 Å². The van der Waals surface area contributed by atoms with Crippen LogP contribution in [0.3, 0.4) is 0 Å². The van der Waals surface area contributed by atoms with Gasteiger partial charge in [-0.2, -0.15) is 0 Å². The number of ketones is 1. The molecular weight excluding hydrogens is 298 g/mol. The van der Waals surface area contributed by atoms with Gasteiger partial charge in [0, 0.05) is 5.56 Å². The molecular formula is C17H11NO5. The van der Waals surface area contributed by atoms with E-state index in [0.29, 0.717) is 28.2 Å². The minimum atomic E-state index is -0.445. The van der Waals surface area contributed by atoms with Gasteiger partial charge in [0.15, 0.2) is 17.3 Å². The summed E-state index contributed by atoms with van der Waals surface area (Å²) in [5, 5.41) is 0. The van der Waals surface area contributed by atoms with Crippen LogP contribution >= 0.6 is 0 Å². The van der Waals surface area contributed by atoms with Crippen molar-refractivity contribution in [2.45, 2.75) is 0 Å². The van der Waals surface area contributed by atoms with E-state index in [-0.39, 0.29) is 19.1 Å². The molecule has 6 nitrogen and oxygen atoms in total. The van der Waals surface area contributed by atoms with E-state index in [0.717, 1.165) is 4.90 Å². The molecule has 0 unspecified atom stereocenters. The number of carbonyl (C=O) groups excluding carboxylic acids is 3. The summed E-state index contributed by atoms with van der Waals surface area (Å²) in [6.07, 6.45) is 0. The van der Waals surface area contributed by atoms with Crippen LogP contribution in [0.2, 0.25) is 0 Å². The number of nitrogens with zero attached hydrogens (tertiary/aromatic N) is 1. The van der Waals surface area contributed by atoms with Crippen LogP contribution in [0.5, 0.6) is 11.5 Å².